The van der Waals surface area contributed by atoms with Crippen molar-refractivity contribution in [3.8, 4) is 0 Å². The second-order valence-corrected chi connectivity index (χ2v) is 6.66. The molecule has 6 nitrogen and oxygen atoms in total. The number of sulfonamides is 1. The summed E-state index contributed by atoms with van der Waals surface area (Å²) in [6, 6.07) is 7.76. The van der Waals surface area contributed by atoms with Gasteiger partial charge in [-0.3, -0.25) is 4.79 Å². The van der Waals surface area contributed by atoms with E-state index < -0.39 is 10.0 Å². The summed E-state index contributed by atoms with van der Waals surface area (Å²) in [5.41, 5.74) is 2.02. The summed E-state index contributed by atoms with van der Waals surface area (Å²) in [6.45, 7) is 1.39. The number of amides is 1. The molecule has 1 heterocycles. The predicted octanol–water partition coefficient (Wildman–Crippen LogP) is 0.251. The average Bonchev–Trinajstić information content (AvgIpc) is 2.80. The number of rotatable bonds is 6. The fourth-order valence-electron chi connectivity index (χ4n) is 2.20. The minimum Gasteiger partial charge on any atom is -0.384 e. The molecule has 0 bridgehead atoms. The number of anilines is 1. The highest BCUT2D eigenvalue weighted by Crippen LogP contribution is 2.30. The van der Waals surface area contributed by atoms with Crippen molar-refractivity contribution >= 4 is 21.6 Å². The molecule has 110 valence electrons. The lowest BCUT2D eigenvalue weighted by molar-refractivity contribution is -0.122. The Morgan fingerprint density at radius 1 is 1.35 bits per heavy atom. The van der Waals surface area contributed by atoms with Gasteiger partial charge in [0.2, 0.25) is 15.9 Å². The van der Waals surface area contributed by atoms with Crippen LogP contribution in [0.3, 0.4) is 0 Å². The Morgan fingerprint density at radius 2 is 2.10 bits per heavy atom. The molecular formula is C13H19N3O3S. The summed E-state index contributed by atoms with van der Waals surface area (Å²) in [5.74, 6) is -0.198. The molecule has 0 aliphatic carbocycles. The third-order valence-corrected chi connectivity index (χ3v) is 3.89. The molecule has 0 fully saturated rings. The summed E-state index contributed by atoms with van der Waals surface area (Å²) >= 11 is 0. The topological polar surface area (TPSA) is 87.3 Å². The largest absolute Gasteiger partial charge is 0.384 e. The number of nitrogens with one attached hydrogen (secondary N) is 3. The number of para-hydroxylation sites is 1. The van der Waals surface area contributed by atoms with Crippen molar-refractivity contribution in [1.29, 1.82) is 0 Å². The molecule has 3 N–H and O–H groups in total. The van der Waals surface area contributed by atoms with Gasteiger partial charge in [-0.05, 0) is 18.1 Å². The molecule has 2 rings (SSSR count). The maximum Gasteiger partial charge on any atom is 0.229 e. The third-order valence-electron chi connectivity index (χ3n) is 3.17. The molecule has 0 radical (unpaired) electrons. The zero-order valence-electron chi connectivity index (χ0n) is 11.3. The molecule has 1 unspecified atom stereocenters. The van der Waals surface area contributed by atoms with Gasteiger partial charge < -0.3 is 10.6 Å². The number of hydrogen-bond donors (Lipinski definition) is 3. The number of benzene rings is 1. The van der Waals surface area contributed by atoms with Crippen molar-refractivity contribution < 1.29 is 13.2 Å². The SMILES string of the molecule is CS(=O)(=O)NCCCNC(=O)C1CNc2ccccc21. The second-order valence-electron chi connectivity index (χ2n) is 4.83. The summed E-state index contributed by atoms with van der Waals surface area (Å²) in [6.07, 6.45) is 1.69. The van der Waals surface area contributed by atoms with Crippen LogP contribution in [0.25, 0.3) is 0 Å². The first-order chi connectivity index (χ1) is 9.47. The van der Waals surface area contributed by atoms with Gasteiger partial charge in [0, 0.05) is 25.3 Å². The van der Waals surface area contributed by atoms with E-state index in [1.165, 1.54) is 0 Å². The lowest BCUT2D eigenvalue weighted by Gasteiger charge is -2.11. The van der Waals surface area contributed by atoms with Crippen LogP contribution in [0.5, 0.6) is 0 Å². The van der Waals surface area contributed by atoms with Crippen LogP contribution in [0.2, 0.25) is 0 Å². The average molecular weight is 297 g/mol. The maximum atomic E-state index is 12.1. The molecule has 1 aliphatic rings. The van der Waals surface area contributed by atoms with Crippen molar-refractivity contribution in [1.82, 2.24) is 10.0 Å². The molecule has 0 aromatic heterocycles. The van der Waals surface area contributed by atoms with Gasteiger partial charge in [-0.2, -0.15) is 0 Å². The standard InChI is InChI=1S/C13H19N3O3S/c1-20(18,19)16-8-4-7-14-13(17)11-9-15-12-6-3-2-5-10(11)12/h2-3,5-6,11,15-16H,4,7-9H2,1H3,(H,14,17). The van der Waals surface area contributed by atoms with Gasteiger partial charge in [0.25, 0.3) is 0 Å². The molecule has 1 aliphatic heterocycles. The van der Waals surface area contributed by atoms with Gasteiger partial charge in [0.15, 0.2) is 0 Å². The molecule has 0 spiro atoms. The third kappa shape index (κ3) is 3.94. The van der Waals surface area contributed by atoms with Crippen molar-refractivity contribution in [3.05, 3.63) is 29.8 Å². The van der Waals surface area contributed by atoms with E-state index in [1.54, 1.807) is 0 Å². The number of carbonyl (C=O) groups is 1. The van der Waals surface area contributed by atoms with Gasteiger partial charge in [-0.25, -0.2) is 13.1 Å². The molecule has 1 amide bonds. The van der Waals surface area contributed by atoms with Crippen molar-refractivity contribution in [2.24, 2.45) is 0 Å². The first-order valence-corrected chi connectivity index (χ1v) is 8.41. The van der Waals surface area contributed by atoms with E-state index in [0.717, 1.165) is 17.5 Å². The van der Waals surface area contributed by atoms with E-state index in [4.69, 9.17) is 0 Å². The number of carbonyl (C=O) groups excluding carboxylic acids is 1. The lowest BCUT2D eigenvalue weighted by atomic mass is 10.0. The summed E-state index contributed by atoms with van der Waals surface area (Å²) in [5, 5.41) is 6.04. The summed E-state index contributed by atoms with van der Waals surface area (Å²) < 4.78 is 24.1. The highest BCUT2D eigenvalue weighted by Gasteiger charge is 2.27. The van der Waals surface area contributed by atoms with Crippen LogP contribution >= 0.6 is 0 Å². The van der Waals surface area contributed by atoms with Gasteiger partial charge in [0.05, 0.1) is 12.2 Å². The van der Waals surface area contributed by atoms with Gasteiger partial charge in [-0.1, -0.05) is 18.2 Å². The fraction of sp³-hybridized carbons (Fsp3) is 0.462. The van der Waals surface area contributed by atoms with Crippen LogP contribution < -0.4 is 15.4 Å². The van der Waals surface area contributed by atoms with Crippen molar-refractivity contribution in [2.75, 3.05) is 31.2 Å². The molecular weight excluding hydrogens is 278 g/mol. The molecule has 0 saturated carbocycles. The van der Waals surface area contributed by atoms with Crippen LogP contribution in [-0.2, 0) is 14.8 Å². The molecule has 0 saturated heterocycles. The van der Waals surface area contributed by atoms with E-state index in [-0.39, 0.29) is 11.8 Å². The Balaban J connectivity index is 1.77. The van der Waals surface area contributed by atoms with Crippen LogP contribution in [0.4, 0.5) is 5.69 Å². The molecule has 1 aromatic carbocycles. The Hall–Kier alpha value is -1.60. The minimum atomic E-state index is -3.15. The molecule has 7 heteroatoms. The van der Waals surface area contributed by atoms with Gasteiger partial charge in [0.1, 0.15) is 0 Å². The van der Waals surface area contributed by atoms with Crippen LogP contribution in [0.15, 0.2) is 24.3 Å². The van der Waals surface area contributed by atoms with E-state index in [1.807, 2.05) is 24.3 Å². The Labute approximate surface area is 119 Å². The zero-order chi connectivity index (χ0) is 14.6. The van der Waals surface area contributed by atoms with Crippen LogP contribution in [-0.4, -0.2) is 40.2 Å². The van der Waals surface area contributed by atoms with Gasteiger partial charge in [-0.15, -0.1) is 0 Å². The Bertz CT molecular complexity index is 586. The first kappa shape index (κ1) is 14.8. The number of fused-ring (bicyclic) bond motifs is 1. The zero-order valence-corrected chi connectivity index (χ0v) is 12.2. The van der Waals surface area contributed by atoms with E-state index in [0.29, 0.717) is 26.1 Å². The second kappa shape index (κ2) is 6.23. The Morgan fingerprint density at radius 3 is 2.85 bits per heavy atom. The minimum absolute atomic E-state index is 0.0261. The smallest absolute Gasteiger partial charge is 0.229 e. The number of hydrogen-bond acceptors (Lipinski definition) is 4. The highest BCUT2D eigenvalue weighted by atomic mass is 32.2. The first-order valence-electron chi connectivity index (χ1n) is 6.52. The maximum absolute atomic E-state index is 12.1. The molecule has 20 heavy (non-hydrogen) atoms. The quantitative estimate of drug-likeness (QED) is 0.657. The van der Waals surface area contributed by atoms with E-state index in [9.17, 15) is 13.2 Å². The lowest BCUT2D eigenvalue weighted by Crippen LogP contribution is -2.33. The van der Waals surface area contributed by atoms with Crippen molar-refractivity contribution in [2.45, 2.75) is 12.3 Å². The summed E-state index contributed by atoms with van der Waals surface area (Å²) in [4.78, 5) is 12.1. The Kier molecular flexibility index (Phi) is 4.61. The predicted molar refractivity (Wildman–Crippen MR) is 78.1 cm³/mol. The molecule has 1 aromatic rings. The molecule has 1 atom stereocenters. The van der Waals surface area contributed by atoms with E-state index in [2.05, 4.69) is 15.4 Å². The highest BCUT2D eigenvalue weighted by molar-refractivity contribution is 7.88. The summed E-state index contributed by atoms with van der Waals surface area (Å²) in [7, 11) is -3.15. The van der Waals surface area contributed by atoms with Crippen molar-refractivity contribution in [3.63, 3.8) is 0 Å². The van der Waals surface area contributed by atoms with Gasteiger partial charge >= 0.3 is 0 Å². The fourth-order valence-corrected chi connectivity index (χ4v) is 2.71. The van der Waals surface area contributed by atoms with Crippen LogP contribution in [0.1, 0.15) is 17.9 Å². The monoisotopic (exact) mass is 297 g/mol. The van der Waals surface area contributed by atoms with E-state index >= 15 is 0 Å². The van der Waals surface area contributed by atoms with Crippen LogP contribution in [0, 0.1) is 0 Å². The normalized spacial score (nSPS) is 17.4.